The highest BCUT2D eigenvalue weighted by Gasteiger charge is 2.21. The van der Waals surface area contributed by atoms with E-state index in [0.29, 0.717) is 12.1 Å². The van der Waals surface area contributed by atoms with Crippen molar-refractivity contribution in [2.45, 2.75) is 45.6 Å². The minimum absolute atomic E-state index is 0.0296. The number of rotatable bonds is 8. The summed E-state index contributed by atoms with van der Waals surface area (Å²) in [7, 11) is 0. The second-order valence-electron chi connectivity index (χ2n) is 4.84. The van der Waals surface area contributed by atoms with E-state index in [-0.39, 0.29) is 6.42 Å². The molecular formula is C14H21N2O3S-. The van der Waals surface area contributed by atoms with Crippen LogP contribution in [0.2, 0.25) is 0 Å². The molecule has 0 radical (unpaired) electrons. The Hall–Kier alpha value is -1.40. The molecule has 0 aromatic heterocycles. The highest BCUT2D eigenvalue weighted by molar-refractivity contribution is 7.80. The average Bonchev–Trinajstić information content (AvgIpc) is 2.37. The number of carbonyl (C=O) groups is 1. The molecule has 1 amide bonds. The van der Waals surface area contributed by atoms with Gasteiger partial charge in [0, 0.05) is 23.4 Å². The fourth-order valence-electron chi connectivity index (χ4n) is 2.08. The van der Waals surface area contributed by atoms with E-state index in [1.54, 1.807) is 12.1 Å². The molecule has 0 bridgehead atoms. The van der Waals surface area contributed by atoms with Gasteiger partial charge in [0.2, 0.25) is 5.91 Å². The van der Waals surface area contributed by atoms with Crippen LogP contribution in [-0.4, -0.2) is 20.7 Å². The second kappa shape index (κ2) is 8.01. The molecular weight excluding hydrogens is 276 g/mol. The third-order valence-corrected chi connectivity index (χ3v) is 3.94. The average molecular weight is 297 g/mol. The zero-order valence-electron chi connectivity index (χ0n) is 11.9. The molecule has 0 aliphatic rings. The van der Waals surface area contributed by atoms with Crippen molar-refractivity contribution < 1.29 is 13.6 Å². The van der Waals surface area contributed by atoms with E-state index < -0.39 is 23.2 Å². The monoisotopic (exact) mass is 297 g/mol. The number of anilines is 1. The van der Waals surface area contributed by atoms with Crippen molar-refractivity contribution in [3.63, 3.8) is 0 Å². The van der Waals surface area contributed by atoms with Crippen LogP contribution in [0.5, 0.6) is 0 Å². The molecule has 2 N–H and O–H groups in total. The molecule has 5 nitrogen and oxygen atoms in total. The van der Waals surface area contributed by atoms with Crippen molar-refractivity contribution in [3.05, 3.63) is 29.8 Å². The maximum Gasteiger partial charge on any atom is 0.219 e. The zero-order chi connectivity index (χ0) is 15.1. The second-order valence-corrected chi connectivity index (χ2v) is 5.67. The molecule has 2 unspecified atom stereocenters. The van der Waals surface area contributed by atoms with Gasteiger partial charge in [-0.3, -0.25) is 13.3 Å². The van der Waals surface area contributed by atoms with Gasteiger partial charge >= 0.3 is 0 Å². The SMILES string of the molecule is CCCCC(CC(N)=O)N(c1ccc(C)cc1)S(=O)[O-]. The lowest BCUT2D eigenvalue weighted by Crippen LogP contribution is -2.39. The fraction of sp³-hybridized carbons (Fsp3) is 0.500. The minimum Gasteiger partial charge on any atom is -0.755 e. The first-order valence-electron chi connectivity index (χ1n) is 6.69. The van der Waals surface area contributed by atoms with Crippen LogP contribution in [0.4, 0.5) is 5.69 Å². The number of carbonyl (C=O) groups excluding carboxylic acids is 1. The summed E-state index contributed by atoms with van der Waals surface area (Å²) < 4.78 is 24.3. The number of hydrogen-bond donors (Lipinski definition) is 1. The number of unbranched alkanes of at least 4 members (excludes halogenated alkanes) is 1. The van der Waals surface area contributed by atoms with Crippen LogP contribution in [0.25, 0.3) is 0 Å². The number of amides is 1. The smallest absolute Gasteiger partial charge is 0.219 e. The molecule has 0 aliphatic carbocycles. The van der Waals surface area contributed by atoms with E-state index in [1.165, 1.54) is 4.31 Å². The molecule has 0 saturated carbocycles. The maximum absolute atomic E-state index is 11.5. The van der Waals surface area contributed by atoms with Crippen LogP contribution < -0.4 is 10.0 Å². The van der Waals surface area contributed by atoms with Crippen molar-refractivity contribution in [2.24, 2.45) is 5.73 Å². The van der Waals surface area contributed by atoms with Crippen molar-refractivity contribution in [3.8, 4) is 0 Å². The van der Waals surface area contributed by atoms with E-state index in [0.717, 1.165) is 18.4 Å². The summed E-state index contributed by atoms with van der Waals surface area (Å²) in [6.07, 6.45) is 2.42. The Morgan fingerprint density at radius 1 is 1.40 bits per heavy atom. The maximum atomic E-state index is 11.5. The Balaban J connectivity index is 3.02. The third-order valence-electron chi connectivity index (χ3n) is 3.11. The first kappa shape index (κ1) is 16.7. The zero-order valence-corrected chi connectivity index (χ0v) is 12.7. The Labute approximate surface area is 122 Å². The summed E-state index contributed by atoms with van der Waals surface area (Å²) in [5.41, 5.74) is 6.85. The molecule has 0 fully saturated rings. The molecule has 1 aromatic rings. The van der Waals surface area contributed by atoms with Crippen LogP contribution in [0.1, 0.15) is 38.2 Å². The first-order valence-corrected chi connectivity index (χ1v) is 7.72. The molecule has 1 rings (SSSR count). The molecule has 0 aliphatic heterocycles. The molecule has 20 heavy (non-hydrogen) atoms. The number of benzene rings is 1. The summed E-state index contributed by atoms with van der Waals surface area (Å²) in [4.78, 5) is 11.2. The molecule has 0 saturated heterocycles. The number of nitrogens with two attached hydrogens (primary N) is 1. The van der Waals surface area contributed by atoms with Gasteiger partial charge in [0.25, 0.3) is 0 Å². The highest BCUT2D eigenvalue weighted by Crippen LogP contribution is 2.23. The summed E-state index contributed by atoms with van der Waals surface area (Å²) in [6.45, 7) is 3.95. The van der Waals surface area contributed by atoms with E-state index in [1.807, 2.05) is 26.0 Å². The van der Waals surface area contributed by atoms with Gasteiger partial charge in [-0.05, 0) is 25.5 Å². The summed E-state index contributed by atoms with van der Waals surface area (Å²) in [6, 6.07) is 6.75. The van der Waals surface area contributed by atoms with Gasteiger partial charge in [-0.2, -0.15) is 0 Å². The molecule has 0 heterocycles. The molecule has 6 heteroatoms. The standard InChI is InChI=1S/C14H22N2O3S/c1-3-4-5-13(10-14(15)17)16(20(18)19)12-8-6-11(2)7-9-12/h6-9,13H,3-5,10H2,1-2H3,(H2,15,17)(H,18,19)/p-1. The number of primary amides is 1. The van der Waals surface area contributed by atoms with Gasteiger partial charge in [0.05, 0.1) is 6.04 Å². The van der Waals surface area contributed by atoms with Crippen LogP contribution in [-0.2, 0) is 16.1 Å². The molecule has 112 valence electrons. The Morgan fingerprint density at radius 3 is 2.45 bits per heavy atom. The van der Waals surface area contributed by atoms with Gasteiger partial charge < -0.3 is 10.3 Å². The van der Waals surface area contributed by atoms with Crippen molar-refractivity contribution in [2.75, 3.05) is 4.31 Å². The van der Waals surface area contributed by atoms with Crippen LogP contribution in [0, 0.1) is 6.92 Å². The lowest BCUT2D eigenvalue weighted by atomic mass is 10.1. The predicted octanol–water partition coefficient (Wildman–Crippen LogP) is 2.03. The van der Waals surface area contributed by atoms with Gasteiger partial charge in [0.1, 0.15) is 0 Å². The Morgan fingerprint density at radius 2 is 2.00 bits per heavy atom. The first-order chi connectivity index (χ1) is 9.45. The van der Waals surface area contributed by atoms with E-state index in [4.69, 9.17) is 5.73 Å². The van der Waals surface area contributed by atoms with Gasteiger partial charge in [-0.15, -0.1) is 0 Å². The highest BCUT2D eigenvalue weighted by atomic mass is 32.2. The number of hydrogen-bond acceptors (Lipinski definition) is 3. The van der Waals surface area contributed by atoms with E-state index in [9.17, 15) is 13.6 Å². The minimum atomic E-state index is -2.44. The lowest BCUT2D eigenvalue weighted by Gasteiger charge is -2.34. The molecule has 1 aromatic carbocycles. The van der Waals surface area contributed by atoms with E-state index in [2.05, 4.69) is 0 Å². The predicted molar refractivity (Wildman–Crippen MR) is 79.7 cm³/mol. The quantitative estimate of drug-likeness (QED) is 0.745. The van der Waals surface area contributed by atoms with Crippen molar-refractivity contribution in [1.82, 2.24) is 0 Å². The molecule has 2 atom stereocenters. The Kier molecular flexibility index (Phi) is 6.67. The van der Waals surface area contributed by atoms with Gasteiger partial charge in [-0.25, -0.2) is 0 Å². The van der Waals surface area contributed by atoms with Crippen molar-refractivity contribution in [1.29, 1.82) is 0 Å². The molecule has 0 spiro atoms. The number of nitrogens with zero attached hydrogens (tertiary/aromatic N) is 1. The number of aryl methyl sites for hydroxylation is 1. The lowest BCUT2D eigenvalue weighted by molar-refractivity contribution is -0.118. The van der Waals surface area contributed by atoms with Crippen LogP contribution in [0.15, 0.2) is 24.3 Å². The van der Waals surface area contributed by atoms with Crippen molar-refractivity contribution >= 4 is 22.9 Å². The Bertz CT molecular complexity index is 462. The summed E-state index contributed by atoms with van der Waals surface area (Å²) in [5.74, 6) is -0.492. The van der Waals surface area contributed by atoms with Crippen LogP contribution >= 0.6 is 0 Å². The summed E-state index contributed by atoms with van der Waals surface area (Å²) in [5, 5.41) is 0. The normalized spacial score (nSPS) is 13.8. The van der Waals surface area contributed by atoms with E-state index >= 15 is 0 Å². The fourth-order valence-corrected chi connectivity index (χ4v) is 2.80. The van der Waals surface area contributed by atoms with Gasteiger partial charge in [-0.1, -0.05) is 37.5 Å². The topological polar surface area (TPSA) is 86.5 Å². The summed E-state index contributed by atoms with van der Waals surface area (Å²) >= 11 is -2.44. The third kappa shape index (κ3) is 4.94. The van der Waals surface area contributed by atoms with Gasteiger partial charge in [0.15, 0.2) is 0 Å². The largest absolute Gasteiger partial charge is 0.755 e. The van der Waals surface area contributed by atoms with Crippen LogP contribution in [0.3, 0.4) is 0 Å².